The highest BCUT2D eigenvalue weighted by atomic mass is 19.4. The molecule has 1 aliphatic carbocycles. The molecule has 2 N–H and O–H groups in total. The number of rotatable bonds is 12. The fourth-order valence-corrected chi connectivity index (χ4v) is 4.83. The van der Waals surface area contributed by atoms with Crippen LogP contribution in [0.3, 0.4) is 0 Å². The Kier molecular flexibility index (Phi) is 9.21. The average molecular weight is 575 g/mol. The van der Waals surface area contributed by atoms with E-state index in [0.29, 0.717) is 37.7 Å². The fraction of sp³-hybridized carbons (Fsp3) is 0.400. The van der Waals surface area contributed by atoms with Gasteiger partial charge in [0.25, 0.3) is 0 Å². The van der Waals surface area contributed by atoms with Gasteiger partial charge < -0.3 is 19.9 Å². The first-order chi connectivity index (χ1) is 19.4. The predicted octanol–water partition coefficient (Wildman–Crippen LogP) is 4.51. The van der Waals surface area contributed by atoms with E-state index in [2.05, 4.69) is 10.1 Å². The molecule has 3 unspecified atom stereocenters. The van der Waals surface area contributed by atoms with E-state index < -0.39 is 29.3 Å². The van der Waals surface area contributed by atoms with Crippen LogP contribution in [0.25, 0.3) is 0 Å². The van der Waals surface area contributed by atoms with E-state index in [9.17, 15) is 27.9 Å². The quantitative estimate of drug-likeness (QED) is 0.382. The number of hydrogen-bond acceptors (Lipinski definition) is 7. The molecule has 4 rings (SSSR count). The lowest BCUT2D eigenvalue weighted by Crippen LogP contribution is -2.45. The van der Waals surface area contributed by atoms with Crippen molar-refractivity contribution in [1.82, 2.24) is 10.2 Å². The Labute approximate surface area is 236 Å². The molecule has 220 valence electrons. The van der Waals surface area contributed by atoms with Crippen molar-refractivity contribution in [3.05, 3.63) is 84.0 Å². The van der Waals surface area contributed by atoms with Crippen LogP contribution in [0, 0.1) is 0 Å². The summed E-state index contributed by atoms with van der Waals surface area (Å²) in [5.41, 5.74) is -2.47. The molecule has 2 aromatic carbocycles. The Balaban J connectivity index is 1.23. The van der Waals surface area contributed by atoms with E-state index in [1.807, 2.05) is 11.0 Å². The van der Waals surface area contributed by atoms with Crippen molar-refractivity contribution in [2.45, 2.75) is 50.3 Å². The van der Waals surface area contributed by atoms with E-state index in [1.165, 1.54) is 19.1 Å². The summed E-state index contributed by atoms with van der Waals surface area (Å²) in [5.74, 6) is -0.658. The molecule has 2 aromatic rings. The Morgan fingerprint density at radius 1 is 1.12 bits per heavy atom. The van der Waals surface area contributed by atoms with Crippen LogP contribution in [0.15, 0.2) is 78.4 Å². The topological polar surface area (TPSA) is 97.3 Å². The second-order valence-electron chi connectivity index (χ2n) is 10.5. The summed E-state index contributed by atoms with van der Waals surface area (Å²) in [6.45, 7) is 4.35. The lowest BCUT2D eigenvalue weighted by molar-refractivity contribution is -0.348. The zero-order valence-electron chi connectivity index (χ0n) is 22.8. The van der Waals surface area contributed by atoms with Gasteiger partial charge in [-0.25, -0.2) is 4.79 Å². The third kappa shape index (κ3) is 8.18. The number of carboxylic acid groups (broad SMARTS) is 1. The zero-order valence-corrected chi connectivity index (χ0v) is 22.8. The third-order valence-electron chi connectivity index (χ3n) is 7.00. The van der Waals surface area contributed by atoms with Crippen molar-refractivity contribution in [3.63, 3.8) is 0 Å². The normalized spacial score (nSPS) is 22.7. The second-order valence-corrected chi connectivity index (χ2v) is 10.5. The summed E-state index contributed by atoms with van der Waals surface area (Å²) in [7, 11) is 0. The summed E-state index contributed by atoms with van der Waals surface area (Å²) in [4.78, 5) is 26.6. The van der Waals surface area contributed by atoms with Gasteiger partial charge in [0.2, 0.25) is 5.60 Å². The average Bonchev–Trinajstić information content (AvgIpc) is 3.34. The number of aliphatic carboxylic acids is 1. The summed E-state index contributed by atoms with van der Waals surface area (Å²) < 4.78 is 54.1. The molecule has 0 radical (unpaired) electrons. The molecule has 0 aromatic heterocycles. The standard InChI is InChI=1S/C30H33F3N2O6/c1-28(41-30(31,32)33)15-6-7-22(26(28)36)18-35-19-23(34-20-35)14-16-39-24-12-10-21(11-13-24)17-29(2,27(37)38)40-25-8-4-3-5-9-25/h3-13,15,23,34H,14,16-20H2,1-2H3,(H,37,38). The van der Waals surface area contributed by atoms with Crippen LogP contribution in [-0.4, -0.2) is 71.7 Å². The van der Waals surface area contributed by atoms with Gasteiger partial charge >= 0.3 is 12.3 Å². The Hall–Kier alpha value is -3.67. The van der Waals surface area contributed by atoms with Crippen molar-refractivity contribution in [3.8, 4) is 11.5 Å². The molecule has 0 spiro atoms. The first-order valence-corrected chi connectivity index (χ1v) is 13.2. The second kappa shape index (κ2) is 12.5. The number of ketones is 1. The van der Waals surface area contributed by atoms with Gasteiger partial charge in [0, 0.05) is 37.8 Å². The van der Waals surface area contributed by atoms with E-state index in [4.69, 9.17) is 9.47 Å². The number of alkyl halides is 3. The molecule has 1 aliphatic heterocycles. The van der Waals surface area contributed by atoms with Gasteiger partial charge in [-0.2, -0.15) is 0 Å². The number of para-hydroxylation sites is 1. The lowest BCUT2D eigenvalue weighted by Gasteiger charge is -2.30. The largest absolute Gasteiger partial charge is 0.523 e. The first-order valence-electron chi connectivity index (χ1n) is 13.2. The Morgan fingerprint density at radius 3 is 2.49 bits per heavy atom. The smallest absolute Gasteiger partial charge is 0.494 e. The maximum absolute atomic E-state index is 12.8. The van der Waals surface area contributed by atoms with Gasteiger partial charge in [-0.3, -0.25) is 14.4 Å². The van der Waals surface area contributed by atoms with E-state index in [1.54, 1.807) is 48.5 Å². The van der Waals surface area contributed by atoms with Crippen LogP contribution in [0.4, 0.5) is 13.2 Å². The van der Waals surface area contributed by atoms with Crippen LogP contribution in [0.1, 0.15) is 25.8 Å². The highest BCUT2D eigenvalue weighted by molar-refractivity contribution is 6.04. The van der Waals surface area contributed by atoms with Gasteiger partial charge in [0.15, 0.2) is 11.4 Å². The number of carbonyl (C=O) groups excluding carboxylic acids is 1. The highest BCUT2D eigenvalue weighted by Crippen LogP contribution is 2.31. The molecule has 0 bridgehead atoms. The Bertz CT molecular complexity index is 1280. The van der Waals surface area contributed by atoms with Crippen LogP contribution < -0.4 is 14.8 Å². The summed E-state index contributed by atoms with van der Waals surface area (Å²) in [6.07, 6.45) is -0.0342. The molecule has 3 atom stereocenters. The number of halogens is 3. The SMILES string of the molecule is CC1(OC(F)(F)F)C=CC=C(CN2CNC(CCOc3ccc(CC(C)(Oc4ccccc4)C(=O)O)cc3)C2)C1=O. The number of nitrogens with one attached hydrogen (secondary N) is 1. The number of benzene rings is 2. The molecule has 41 heavy (non-hydrogen) atoms. The zero-order chi connectivity index (χ0) is 29.7. The van der Waals surface area contributed by atoms with Crippen LogP contribution >= 0.6 is 0 Å². The minimum atomic E-state index is -4.92. The summed E-state index contributed by atoms with van der Waals surface area (Å²) in [5, 5.41) is 13.1. The molecule has 1 heterocycles. The Morgan fingerprint density at radius 2 is 1.83 bits per heavy atom. The number of allylic oxidation sites excluding steroid dienone is 2. The number of ether oxygens (including phenoxy) is 3. The van der Waals surface area contributed by atoms with Gasteiger partial charge in [0.1, 0.15) is 11.5 Å². The number of nitrogens with zero attached hydrogens (tertiary/aromatic N) is 1. The molecule has 11 heteroatoms. The number of Topliss-reactive ketones (excluding diaryl/α,β-unsaturated/α-hetero) is 1. The highest BCUT2D eigenvalue weighted by Gasteiger charge is 2.46. The van der Waals surface area contributed by atoms with Gasteiger partial charge in [-0.1, -0.05) is 42.5 Å². The lowest BCUT2D eigenvalue weighted by atomic mass is 9.89. The van der Waals surface area contributed by atoms with E-state index in [-0.39, 0.29) is 24.6 Å². The van der Waals surface area contributed by atoms with Crippen molar-refractivity contribution >= 4 is 11.8 Å². The molecule has 0 saturated carbocycles. The summed E-state index contributed by atoms with van der Waals surface area (Å²) in [6, 6.07) is 16.1. The molecule has 1 fully saturated rings. The monoisotopic (exact) mass is 574 g/mol. The predicted molar refractivity (Wildman–Crippen MR) is 145 cm³/mol. The number of carbonyl (C=O) groups is 2. The van der Waals surface area contributed by atoms with Gasteiger partial charge in [-0.15, -0.1) is 13.2 Å². The van der Waals surface area contributed by atoms with Crippen LogP contribution in [-0.2, 0) is 20.7 Å². The molecule has 0 amide bonds. The maximum atomic E-state index is 12.8. The van der Waals surface area contributed by atoms with E-state index in [0.717, 1.165) is 18.6 Å². The van der Waals surface area contributed by atoms with Crippen molar-refractivity contribution < 1.29 is 42.1 Å². The van der Waals surface area contributed by atoms with Crippen molar-refractivity contribution in [1.29, 1.82) is 0 Å². The van der Waals surface area contributed by atoms with Crippen molar-refractivity contribution in [2.75, 3.05) is 26.4 Å². The maximum Gasteiger partial charge on any atom is 0.523 e. The van der Waals surface area contributed by atoms with Gasteiger partial charge in [-0.05, 0) is 56.2 Å². The van der Waals surface area contributed by atoms with E-state index >= 15 is 0 Å². The molecule has 2 aliphatic rings. The van der Waals surface area contributed by atoms with Crippen LogP contribution in [0.2, 0.25) is 0 Å². The third-order valence-corrected chi connectivity index (χ3v) is 7.00. The molecular weight excluding hydrogens is 541 g/mol. The fourth-order valence-electron chi connectivity index (χ4n) is 4.83. The van der Waals surface area contributed by atoms with Crippen LogP contribution in [0.5, 0.6) is 11.5 Å². The number of carboxylic acids is 1. The number of hydrogen-bond donors (Lipinski definition) is 2. The first kappa shape index (κ1) is 30.3. The summed E-state index contributed by atoms with van der Waals surface area (Å²) >= 11 is 0. The van der Waals surface area contributed by atoms with Gasteiger partial charge in [0.05, 0.1) is 6.61 Å². The minimum Gasteiger partial charge on any atom is -0.494 e. The molecule has 8 nitrogen and oxygen atoms in total. The minimum absolute atomic E-state index is 0.0772. The van der Waals surface area contributed by atoms with Crippen molar-refractivity contribution in [2.24, 2.45) is 0 Å². The molecule has 1 saturated heterocycles. The molecular formula is C30H33F3N2O6.